The molecule has 1 aromatic carbocycles. The van der Waals surface area contributed by atoms with Crippen LogP contribution in [0.5, 0.6) is 0 Å². The zero-order valence-electron chi connectivity index (χ0n) is 11.6. The van der Waals surface area contributed by atoms with Crippen molar-refractivity contribution in [3.05, 3.63) is 42.2 Å². The zero-order valence-corrected chi connectivity index (χ0v) is 11.6. The fourth-order valence-corrected chi connectivity index (χ4v) is 3.10. The lowest BCUT2D eigenvalue weighted by Crippen LogP contribution is -2.33. The normalized spacial score (nSPS) is 22.7. The molecule has 1 saturated heterocycles. The molecule has 1 aliphatic rings. The van der Waals surface area contributed by atoms with Crippen molar-refractivity contribution >= 4 is 16.7 Å². The number of pyridine rings is 1. The number of carbonyl (C=O) groups is 1. The van der Waals surface area contributed by atoms with Crippen LogP contribution in [0, 0.1) is 0 Å². The predicted octanol–water partition coefficient (Wildman–Crippen LogP) is 2.25. The Morgan fingerprint density at radius 2 is 2.15 bits per heavy atom. The van der Waals surface area contributed by atoms with Crippen molar-refractivity contribution in [2.75, 3.05) is 6.54 Å². The summed E-state index contributed by atoms with van der Waals surface area (Å²) in [4.78, 5) is 18.3. The minimum atomic E-state index is -0.151. The smallest absolute Gasteiger partial charge is 0.224 e. The van der Waals surface area contributed by atoms with E-state index in [2.05, 4.69) is 18.0 Å². The lowest BCUT2D eigenvalue weighted by molar-refractivity contribution is -0.129. The van der Waals surface area contributed by atoms with Gasteiger partial charge < -0.3 is 10.6 Å². The quantitative estimate of drug-likeness (QED) is 0.929. The number of hydrogen-bond acceptors (Lipinski definition) is 3. The van der Waals surface area contributed by atoms with Crippen molar-refractivity contribution in [3.8, 4) is 0 Å². The molecule has 1 fully saturated rings. The number of rotatable bonds is 3. The summed E-state index contributed by atoms with van der Waals surface area (Å²) in [6, 6.07) is 7.92. The number of aromatic nitrogens is 1. The van der Waals surface area contributed by atoms with E-state index >= 15 is 0 Å². The number of nitrogens with zero attached hydrogens (tertiary/aromatic N) is 2. The first-order valence-electron chi connectivity index (χ1n) is 7.10. The molecule has 2 unspecified atom stereocenters. The Hall–Kier alpha value is -1.94. The van der Waals surface area contributed by atoms with E-state index in [4.69, 9.17) is 5.73 Å². The van der Waals surface area contributed by atoms with Gasteiger partial charge >= 0.3 is 0 Å². The average Bonchev–Trinajstić information content (AvgIpc) is 2.73. The summed E-state index contributed by atoms with van der Waals surface area (Å²) in [6.07, 6.45) is 5.07. The molecule has 2 N–H and O–H groups in total. The molecule has 2 atom stereocenters. The molecule has 0 saturated carbocycles. The van der Waals surface area contributed by atoms with E-state index in [1.807, 2.05) is 35.5 Å². The molecule has 4 nitrogen and oxygen atoms in total. The maximum atomic E-state index is 12.1. The number of amides is 1. The molecule has 0 aliphatic carbocycles. The summed E-state index contributed by atoms with van der Waals surface area (Å²) in [6.45, 7) is 2.83. The first-order chi connectivity index (χ1) is 9.72. The molecule has 2 aromatic rings. The van der Waals surface area contributed by atoms with E-state index in [1.165, 1.54) is 0 Å². The number of carbonyl (C=O) groups excluding carboxylic acids is 1. The summed E-state index contributed by atoms with van der Waals surface area (Å²) >= 11 is 0. The van der Waals surface area contributed by atoms with Crippen molar-refractivity contribution in [2.24, 2.45) is 5.73 Å². The van der Waals surface area contributed by atoms with E-state index in [1.54, 1.807) is 0 Å². The average molecular weight is 269 g/mol. The first-order valence-corrected chi connectivity index (χ1v) is 7.10. The molecule has 0 spiro atoms. The summed E-state index contributed by atoms with van der Waals surface area (Å²) < 4.78 is 0. The molecule has 1 aliphatic heterocycles. The fraction of sp³-hybridized carbons (Fsp3) is 0.375. The van der Waals surface area contributed by atoms with Gasteiger partial charge in [0.2, 0.25) is 5.91 Å². The van der Waals surface area contributed by atoms with E-state index in [0.717, 1.165) is 29.3 Å². The summed E-state index contributed by atoms with van der Waals surface area (Å²) in [7, 11) is 0. The molecule has 104 valence electrons. The lowest BCUT2D eigenvalue weighted by Gasteiger charge is -2.27. The Bertz CT molecular complexity index is 635. The van der Waals surface area contributed by atoms with Crippen LogP contribution in [0.2, 0.25) is 0 Å². The second-order valence-electron chi connectivity index (χ2n) is 5.35. The third-order valence-electron chi connectivity index (χ3n) is 3.95. The molecule has 4 heteroatoms. The highest BCUT2D eigenvalue weighted by Crippen LogP contribution is 2.35. The maximum absolute atomic E-state index is 12.1. The lowest BCUT2D eigenvalue weighted by atomic mass is 9.97. The third-order valence-corrected chi connectivity index (χ3v) is 3.95. The topological polar surface area (TPSA) is 59.2 Å². The number of fused-ring (bicyclic) bond motifs is 1. The highest BCUT2D eigenvalue weighted by Gasteiger charge is 2.38. The van der Waals surface area contributed by atoms with Gasteiger partial charge in [0.15, 0.2) is 0 Å². The Labute approximate surface area is 118 Å². The zero-order chi connectivity index (χ0) is 14.1. The maximum Gasteiger partial charge on any atom is 0.224 e. The van der Waals surface area contributed by atoms with Gasteiger partial charge in [-0.05, 0) is 11.8 Å². The van der Waals surface area contributed by atoms with Crippen LogP contribution in [0.1, 0.15) is 31.4 Å². The van der Waals surface area contributed by atoms with Gasteiger partial charge in [-0.1, -0.05) is 31.2 Å². The van der Waals surface area contributed by atoms with Crippen molar-refractivity contribution in [1.29, 1.82) is 0 Å². The van der Waals surface area contributed by atoms with Gasteiger partial charge in [-0.2, -0.15) is 0 Å². The Morgan fingerprint density at radius 1 is 1.35 bits per heavy atom. The Kier molecular flexibility index (Phi) is 3.40. The molecule has 20 heavy (non-hydrogen) atoms. The molecule has 1 amide bonds. The highest BCUT2D eigenvalue weighted by molar-refractivity contribution is 5.87. The minimum Gasteiger partial charge on any atom is -0.334 e. The molecule has 3 rings (SSSR count). The monoisotopic (exact) mass is 269 g/mol. The van der Waals surface area contributed by atoms with E-state index in [0.29, 0.717) is 6.42 Å². The molecule has 2 heterocycles. The molecule has 1 aromatic heterocycles. The molecular weight excluding hydrogens is 250 g/mol. The number of hydrogen-bond donors (Lipinski definition) is 1. The summed E-state index contributed by atoms with van der Waals surface area (Å²) in [5.74, 6) is 0.150. The van der Waals surface area contributed by atoms with Crippen molar-refractivity contribution in [2.45, 2.75) is 31.8 Å². The van der Waals surface area contributed by atoms with Gasteiger partial charge in [0.1, 0.15) is 0 Å². The van der Waals surface area contributed by atoms with Crippen LogP contribution in [0.15, 0.2) is 36.7 Å². The van der Waals surface area contributed by atoms with E-state index in [-0.39, 0.29) is 18.0 Å². The number of likely N-dealkylation sites (tertiary alicyclic amines) is 1. The fourth-order valence-electron chi connectivity index (χ4n) is 3.10. The molecule has 0 bridgehead atoms. The first kappa shape index (κ1) is 13.1. The van der Waals surface area contributed by atoms with Crippen LogP contribution < -0.4 is 5.73 Å². The number of nitrogens with two attached hydrogens (primary N) is 1. The Balaban J connectivity index is 2.11. The van der Waals surface area contributed by atoms with Gasteiger partial charge in [-0.3, -0.25) is 9.78 Å². The Morgan fingerprint density at radius 3 is 2.95 bits per heavy atom. The van der Waals surface area contributed by atoms with Gasteiger partial charge in [0.25, 0.3) is 0 Å². The second kappa shape index (κ2) is 5.21. The van der Waals surface area contributed by atoms with Gasteiger partial charge in [0, 0.05) is 42.4 Å². The van der Waals surface area contributed by atoms with Crippen LogP contribution in [0.3, 0.4) is 0 Å². The summed E-state index contributed by atoms with van der Waals surface area (Å²) in [5, 5.41) is 2.23. The van der Waals surface area contributed by atoms with Crippen LogP contribution in [-0.2, 0) is 4.79 Å². The molecular formula is C16H19N3O. The van der Waals surface area contributed by atoms with Crippen molar-refractivity contribution in [3.63, 3.8) is 0 Å². The minimum absolute atomic E-state index is 0.0546. The van der Waals surface area contributed by atoms with Crippen molar-refractivity contribution < 1.29 is 4.79 Å². The van der Waals surface area contributed by atoms with Crippen LogP contribution in [-0.4, -0.2) is 28.4 Å². The second-order valence-corrected chi connectivity index (χ2v) is 5.35. The van der Waals surface area contributed by atoms with Gasteiger partial charge in [-0.15, -0.1) is 0 Å². The van der Waals surface area contributed by atoms with Crippen LogP contribution in [0.4, 0.5) is 0 Å². The predicted molar refractivity (Wildman–Crippen MR) is 79.1 cm³/mol. The van der Waals surface area contributed by atoms with E-state index < -0.39 is 0 Å². The largest absolute Gasteiger partial charge is 0.334 e. The van der Waals surface area contributed by atoms with Crippen LogP contribution in [0.25, 0.3) is 10.8 Å². The number of benzene rings is 1. The standard InChI is InChI=1S/C16H19N3O/c1-2-7-19-15(20)8-14(17)16(19)13-10-18-9-11-5-3-4-6-12(11)13/h3-6,9-10,14,16H,2,7-8,17H2,1H3. The van der Waals surface area contributed by atoms with Gasteiger partial charge in [-0.25, -0.2) is 0 Å². The third kappa shape index (κ3) is 2.06. The summed E-state index contributed by atoms with van der Waals surface area (Å²) in [5.41, 5.74) is 7.29. The highest BCUT2D eigenvalue weighted by atomic mass is 16.2. The van der Waals surface area contributed by atoms with Crippen molar-refractivity contribution in [1.82, 2.24) is 9.88 Å². The molecule has 0 radical (unpaired) electrons. The van der Waals surface area contributed by atoms with E-state index in [9.17, 15) is 4.79 Å². The van der Waals surface area contributed by atoms with Gasteiger partial charge in [0.05, 0.1) is 6.04 Å². The van der Waals surface area contributed by atoms with Crippen LogP contribution >= 0.6 is 0 Å². The SMILES string of the molecule is CCCN1C(=O)CC(N)C1c1cncc2ccccc12.